The van der Waals surface area contributed by atoms with Gasteiger partial charge in [0.2, 0.25) is 0 Å². The van der Waals surface area contributed by atoms with Crippen LogP contribution in [0.2, 0.25) is 0 Å². The highest BCUT2D eigenvalue weighted by atomic mass is 16.5. The molecule has 3 nitrogen and oxygen atoms in total. The minimum Gasteiger partial charge on any atom is -0.371 e. The van der Waals surface area contributed by atoms with Crippen LogP contribution in [0.15, 0.2) is 24.3 Å². The van der Waals surface area contributed by atoms with Crippen LogP contribution in [0.5, 0.6) is 0 Å². The highest BCUT2D eigenvalue weighted by molar-refractivity contribution is 5.48. The minimum absolute atomic E-state index is 0.419. The molecule has 0 aliphatic carbocycles. The summed E-state index contributed by atoms with van der Waals surface area (Å²) in [7, 11) is 0. The fourth-order valence-corrected chi connectivity index (χ4v) is 2.07. The van der Waals surface area contributed by atoms with Crippen molar-refractivity contribution in [2.75, 3.05) is 18.0 Å². The van der Waals surface area contributed by atoms with Gasteiger partial charge in [-0.15, -0.1) is 0 Å². The molecule has 0 unspecified atom stereocenters. The smallest absolute Gasteiger partial charge is 0.165 e. The van der Waals surface area contributed by atoms with Gasteiger partial charge in [-0.3, -0.25) is 0 Å². The predicted octanol–water partition coefficient (Wildman–Crippen LogP) is 1.53. The lowest BCUT2D eigenvalue weighted by atomic mass is 10.0. The first kappa shape index (κ1) is 11.4. The molecule has 0 atom stereocenters. The van der Waals surface area contributed by atoms with Crippen molar-refractivity contribution in [3.05, 3.63) is 29.8 Å². The van der Waals surface area contributed by atoms with Crippen LogP contribution in [0.3, 0.4) is 0 Å². The Hall–Kier alpha value is -1.06. The number of hydrogen-bond acceptors (Lipinski definition) is 3. The molecule has 1 heterocycles. The first-order valence-corrected chi connectivity index (χ1v) is 5.89. The quantitative estimate of drug-likeness (QED) is 0.744. The van der Waals surface area contributed by atoms with Gasteiger partial charge in [-0.1, -0.05) is 19.1 Å². The van der Waals surface area contributed by atoms with Gasteiger partial charge in [-0.2, -0.15) is 0 Å². The Kier molecular flexibility index (Phi) is 3.17. The van der Waals surface area contributed by atoms with Crippen LogP contribution in [-0.4, -0.2) is 29.1 Å². The zero-order valence-corrected chi connectivity index (χ0v) is 9.69. The van der Waals surface area contributed by atoms with Crippen LogP contribution in [0.1, 0.15) is 25.3 Å². The molecule has 1 aromatic carbocycles. The van der Waals surface area contributed by atoms with E-state index in [1.165, 1.54) is 11.3 Å². The Labute approximate surface area is 96.3 Å². The molecule has 0 spiro atoms. The molecule has 2 rings (SSSR count). The maximum Gasteiger partial charge on any atom is 0.165 e. The lowest BCUT2D eigenvalue weighted by molar-refractivity contribution is -0.172. The van der Waals surface area contributed by atoms with Crippen molar-refractivity contribution >= 4 is 5.69 Å². The maximum atomic E-state index is 9.45. The Morgan fingerprint density at radius 1 is 1.12 bits per heavy atom. The largest absolute Gasteiger partial charge is 0.371 e. The van der Waals surface area contributed by atoms with Gasteiger partial charge >= 0.3 is 0 Å². The highest BCUT2D eigenvalue weighted by Gasteiger charge is 2.29. The molecular weight excluding hydrogens is 202 g/mol. The third-order valence-electron chi connectivity index (χ3n) is 3.27. The summed E-state index contributed by atoms with van der Waals surface area (Å²) in [6.45, 7) is 3.55. The second kappa shape index (κ2) is 4.44. The number of hydrogen-bond donors (Lipinski definition) is 2. The summed E-state index contributed by atoms with van der Waals surface area (Å²) in [5.74, 6) is -1.46. The van der Waals surface area contributed by atoms with E-state index in [1.54, 1.807) is 0 Å². The summed E-state index contributed by atoms with van der Waals surface area (Å²) >= 11 is 0. The van der Waals surface area contributed by atoms with Gasteiger partial charge in [-0.25, -0.2) is 0 Å². The zero-order valence-electron chi connectivity index (χ0n) is 9.69. The number of anilines is 1. The van der Waals surface area contributed by atoms with Crippen LogP contribution in [-0.2, 0) is 6.42 Å². The van der Waals surface area contributed by atoms with Crippen molar-refractivity contribution in [3.8, 4) is 0 Å². The van der Waals surface area contributed by atoms with Gasteiger partial charge in [0.1, 0.15) is 0 Å². The van der Waals surface area contributed by atoms with E-state index in [9.17, 15) is 10.2 Å². The van der Waals surface area contributed by atoms with E-state index >= 15 is 0 Å². The predicted molar refractivity (Wildman–Crippen MR) is 64.4 cm³/mol. The lowest BCUT2D eigenvalue weighted by Crippen LogP contribution is -2.44. The van der Waals surface area contributed by atoms with E-state index in [4.69, 9.17) is 0 Å². The number of nitrogens with zero attached hydrogens (tertiary/aromatic N) is 1. The zero-order chi connectivity index (χ0) is 11.6. The van der Waals surface area contributed by atoms with Gasteiger partial charge < -0.3 is 15.1 Å². The number of aliphatic hydroxyl groups is 2. The minimum atomic E-state index is -1.46. The molecule has 16 heavy (non-hydrogen) atoms. The number of aryl methyl sites for hydroxylation is 1. The molecule has 88 valence electrons. The van der Waals surface area contributed by atoms with E-state index in [0.717, 1.165) is 6.42 Å². The van der Waals surface area contributed by atoms with Gasteiger partial charge in [-0.05, 0) is 24.1 Å². The number of piperidine rings is 1. The fourth-order valence-electron chi connectivity index (χ4n) is 2.07. The Balaban J connectivity index is 2.03. The van der Waals surface area contributed by atoms with Gasteiger partial charge in [0.05, 0.1) is 0 Å². The molecule has 0 aromatic heterocycles. The molecule has 0 radical (unpaired) electrons. The van der Waals surface area contributed by atoms with Crippen molar-refractivity contribution in [2.24, 2.45) is 0 Å². The van der Waals surface area contributed by atoms with Gasteiger partial charge in [0, 0.05) is 31.6 Å². The molecule has 1 saturated heterocycles. The SMILES string of the molecule is CCc1ccc(N2CCC(O)(O)CC2)cc1. The maximum absolute atomic E-state index is 9.45. The standard InChI is InChI=1S/C13H19NO2/c1-2-11-3-5-12(6-4-11)14-9-7-13(15,16)8-10-14/h3-6,15-16H,2,7-10H2,1H3. The van der Waals surface area contributed by atoms with Gasteiger partial charge in [0.25, 0.3) is 0 Å². The van der Waals surface area contributed by atoms with Crippen molar-refractivity contribution in [3.63, 3.8) is 0 Å². The summed E-state index contributed by atoms with van der Waals surface area (Å²) < 4.78 is 0. The molecule has 1 fully saturated rings. The fraction of sp³-hybridized carbons (Fsp3) is 0.538. The first-order valence-electron chi connectivity index (χ1n) is 5.89. The highest BCUT2D eigenvalue weighted by Crippen LogP contribution is 2.24. The van der Waals surface area contributed by atoms with Crippen LogP contribution in [0.25, 0.3) is 0 Å². The third kappa shape index (κ3) is 2.54. The average Bonchev–Trinajstić information content (AvgIpc) is 2.29. The Morgan fingerprint density at radius 3 is 2.19 bits per heavy atom. The van der Waals surface area contributed by atoms with E-state index in [-0.39, 0.29) is 0 Å². The van der Waals surface area contributed by atoms with Crippen molar-refractivity contribution in [1.82, 2.24) is 0 Å². The molecular formula is C13H19NO2. The van der Waals surface area contributed by atoms with E-state index in [2.05, 4.69) is 36.1 Å². The van der Waals surface area contributed by atoms with Crippen molar-refractivity contribution in [2.45, 2.75) is 32.0 Å². The molecule has 2 N–H and O–H groups in total. The molecule has 3 heteroatoms. The van der Waals surface area contributed by atoms with Crippen LogP contribution in [0, 0.1) is 0 Å². The second-order valence-corrected chi connectivity index (χ2v) is 4.49. The summed E-state index contributed by atoms with van der Waals surface area (Å²) in [5.41, 5.74) is 2.51. The molecule has 1 aromatic rings. The van der Waals surface area contributed by atoms with Gasteiger partial charge in [0.15, 0.2) is 5.79 Å². The van der Waals surface area contributed by atoms with E-state index < -0.39 is 5.79 Å². The monoisotopic (exact) mass is 221 g/mol. The molecule has 1 aliphatic heterocycles. The van der Waals surface area contributed by atoms with Crippen LogP contribution < -0.4 is 4.90 Å². The Morgan fingerprint density at radius 2 is 1.69 bits per heavy atom. The Bertz CT molecular complexity index is 335. The molecule has 0 bridgehead atoms. The van der Waals surface area contributed by atoms with Crippen molar-refractivity contribution < 1.29 is 10.2 Å². The normalized spacial score (nSPS) is 19.8. The molecule has 0 amide bonds. The first-order chi connectivity index (χ1) is 7.61. The average molecular weight is 221 g/mol. The lowest BCUT2D eigenvalue weighted by Gasteiger charge is -2.36. The third-order valence-corrected chi connectivity index (χ3v) is 3.27. The number of benzene rings is 1. The summed E-state index contributed by atoms with van der Waals surface area (Å²) in [5, 5.41) is 18.9. The summed E-state index contributed by atoms with van der Waals surface area (Å²) in [4.78, 5) is 2.20. The molecule has 1 aliphatic rings. The topological polar surface area (TPSA) is 43.7 Å². The van der Waals surface area contributed by atoms with Crippen LogP contribution in [0.4, 0.5) is 5.69 Å². The second-order valence-electron chi connectivity index (χ2n) is 4.49. The number of rotatable bonds is 2. The summed E-state index contributed by atoms with van der Waals surface area (Å²) in [6.07, 6.45) is 1.89. The summed E-state index contributed by atoms with van der Waals surface area (Å²) in [6, 6.07) is 8.49. The van der Waals surface area contributed by atoms with E-state index in [1.807, 2.05) is 0 Å². The van der Waals surface area contributed by atoms with Crippen molar-refractivity contribution in [1.29, 1.82) is 0 Å². The molecule has 0 saturated carbocycles. The van der Waals surface area contributed by atoms with E-state index in [0.29, 0.717) is 25.9 Å². The van der Waals surface area contributed by atoms with Crippen LogP contribution >= 0.6 is 0 Å².